The second kappa shape index (κ2) is 12.0. The molecule has 0 N–H and O–H groups in total. The second-order valence-corrected chi connectivity index (χ2v) is 14.3. The standard InChI is InChI=1S/C49H33NS/c1-5-17-36(18-6-1)49(37-19-7-2-8-20-37)44-27-15-13-25-40(44)41-30-29-34(32-45(41)49)35-31-43-42-26-14-16-28-47(42)51-48(43)46(33-35)50(38-21-9-3-10-22-38)39-23-11-4-12-24-39/h1-33H. The molecule has 1 aliphatic carbocycles. The van der Waals surface area contributed by atoms with Crippen LogP contribution in [0, 0.1) is 0 Å². The van der Waals surface area contributed by atoms with Crippen molar-refractivity contribution in [3.63, 3.8) is 0 Å². The monoisotopic (exact) mass is 667 g/mol. The van der Waals surface area contributed by atoms with Crippen molar-refractivity contribution in [1.29, 1.82) is 0 Å². The van der Waals surface area contributed by atoms with Crippen LogP contribution in [0.3, 0.4) is 0 Å². The summed E-state index contributed by atoms with van der Waals surface area (Å²) in [4.78, 5) is 2.42. The molecule has 0 amide bonds. The maximum Gasteiger partial charge on any atom is 0.0713 e. The van der Waals surface area contributed by atoms with Crippen LogP contribution < -0.4 is 4.90 Å². The minimum atomic E-state index is -0.452. The molecule has 0 saturated carbocycles. The molecule has 2 heteroatoms. The zero-order valence-electron chi connectivity index (χ0n) is 27.9. The van der Waals surface area contributed by atoms with E-state index in [1.165, 1.54) is 70.4 Å². The summed E-state index contributed by atoms with van der Waals surface area (Å²) in [6.07, 6.45) is 0. The number of fused-ring (bicyclic) bond motifs is 6. The highest BCUT2D eigenvalue weighted by atomic mass is 32.1. The van der Waals surface area contributed by atoms with Gasteiger partial charge < -0.3 is 4.90 Å². The lowest BCUT2D eigenvalue weighted by atomic mass is 9.67. The number of anilines is 3. The van der Waals surface area contributed by atoms with E-state index < -0.39 is 5.41 Å². The van der Waals surface area contributed by atoms with E-state index >= 15 is 0 Å². The van der Waals surface area contributed by atoms with Gasteiger partial charge in [0, 0.05) is 26.8 Å². The molecule has 0 spiro atoms. The molecule has 240 valence electrons. The Bertz CT molecular complexity index is 2600. The fraction of sp³-hybridized carbons (Fsp3) is 0.0204. The summed E-state index contributed by atoms with van der Waals surface area (Å²) < 4.78 is 2.58. The smallest absolute Gasteiger partial charge is 0.0713 e. The first kappa shape index (κ1) is 29.7. The van der Waals surface area contributed by atoms with Gasteiger partial charge in [0.05, 0.1) is 15.8 Å². The number of para-hydroxylation sites is 2. The predicted molar refractivity (Wildman–Crippen MR) is 217 cm³/mol. The number of hydrogen-bond acceptors (Lipinski definition) is 2. The molecule has 1 aromatic heterocycles. The largest absolute Gasteiger partial charge is 0.309 e. The Kier molecular flexibility index (Phi) is 6.97. The van der Waals surface area contributed by atoms with Gasteiger partial charge in [0.25, 0.3) is 0 Å². The van der Waals surface area contributed by atoms with Crippen molar-refractivity contribution in [2.24, 2.45) is 0 Å². The molecule has 1 nitrogen and oxygen atoms in total. The minimum absolute atomic E-state index is 0.452. The number of thiophene rings is 1. The van der Waals surface area contributed by atoms with E-state index in [4.69, 9.17) is 0 Å². The Morgan fingerprint density at radius 1 is 0.392 bits per heavy atom. The van der Waals surface area contributed by atoms with Gasteiger partial charge in [-0.15, -0.1) is 11.3 Å². The Hall–Kier alpha value is -6.22. The van der Waals surface area contributed by atoms with E-state index in [9.17, 15) is 0 Å². The zero-order chi connectivity index (χ0) is 33.8. The van der Waals surface area contributed by atoms with Crippen LogP contribution in [-0.2, 0) is 5.41 Å². The Morgan fingerprint density at radius 3 is 1.61 bits per heavy atom. The molecule has 0 aliphatic heterocycles. The summed E-state index contributed by atoms with van der Waals surface area (Å²) >= 11 is 1.87. The molecule has 51 heavy (non-hydrogen) atoms. The Morgan fingerprint density at radius 2 is 0.941 bits per heavy atom. The summed E-state index contributed by atoms with van der Waals surface area (Å²) in [6.45, 7) is 0. The van der Waals surface area contributed by atoms with E-state index in [2.05, 4.69) is 205 Å². The van der Waals surface area contributed by atoms with E-state index in [1.54, 1.807) is 0 Å². The topological polar surface area (TPSA) is 3.24 Å². The van der Waals surface area contributed by atoms with Crippen molar-refractivity contribution in [2.75, 3.05) is 4.90 Å². The van der Waals surface area contributed by atoms with Crippen LogP contribution >= 0.6 is 11.3 Å². The molecule has 0 bridgehead atoms. The number of benzene rings is 8. The molecule has 0 unspecified atom stereocenters. The van der Waals surface area contributed by atoms with Gasteiger partial charge in [-0.2, -0.15) is 0 Å². The maximum absolute atomic E-state index is 2.48. The fourth-order valence-electron chi connectivity index (χ4n) is 8.35. The van der Waals surface area contributed by atoms with Crippen molar-refractivity contribution in [2.45, 2.75) is 5.41 Å². The average molecular weight is 668 g/mol. The quantitative estimate of drug-likeness (QED) is 0.171. The van der Waals surface area contributed by atoms with Crippen LogP contribution in [0.15, 0.2) is 200 Å². The zero-order valence-corrected chi connectivity index (χ0v) is 28.7. The van der Waals surface area contributed by atoms with Crippen LogP contribution in [0.4, 0.5) is 17.1 Å². The molecule has 0 atom stereocenters. The molecule has 1 aliphatic rings. The molecule has 8 aromatic carbocycles. The lowest BCUT2D eigenvalue weighted by Gasteiger charge is -2.34. The number of rotatable bonds is 6. The average Bonchev–Trinajstić information content (AvgIpc) is 3.73. The molecule has 10 rings (SSSR count). The molecular formula is C49H33NS. The van der Waals surface area contributed by atoms with Gasteiger partial charge in [-0.05, 0) is 93.0 Å². The highest BCUT2D eigenvalue weighted by Crippen LogP contribution is 2.57. The summed E-state index contributed by atoms with van der Waals surface area (Å²) in [7, 11) is 0. The summed E-state index contributed by atoms with van der Waals surface area (Å²) in [5, 5.41) is 2.57. The maximum atomic E-state index is 2.48. The van der Waals surface area contributed by atoms with E-state index in [-0.39, 0.29) is 0 Å². The third-order valence-electron chi connectivity index (χ3n) is 10.5. The van der Waals surface area contributed by atoms with Gasteiger partial charge >= 0.3 is 0 Å². The van der Waals surface area contributed by atoms with Crippen LogP contribution in [0.1, 0.15) is 22.3 Å². The van der Waals surface area contributed by atoms with Gasteiger partial charge in [0.15, 0.2) is 0 Å². The van der Waals surface area contributed by atoms with Crippen molar-refractivity contribution in [1.82, 2.24) is 0 Å². The van der Waals surface area contributed by atoms with Crippen molar-refractivity contribution in [3.05, 3.63) is 222 Å². The summed E-state index contributed by atoms with van der Waals surface area (Å²) in [5.74, 6) is 0. The minimum Gasteiger partial charge on any atom is -0.309 e. The van der Waals surface area contributed by atoms with Crippen molar-refractivity contribution < 1.29 is 0 Å². The first-order valence-corrected chi connectivity index (χ1v) is 18.3. The van der Waals surface area contributed by atoms with Crippen LogP contribution in [0.2, 0.25) is 0 Å². The van der Waals surface area contributed by atoms with Gasteiger partial charge in [0.1, 0.15) is 0 Å². The Labute approximate surface area is 302 Å². The first-order valence-electron chi connectivity index (χ1n) is 17.5. The predicted octanol–water partition coefficient (Wildman–Crippen LogP) is 13.6. The fourth-order valence-corrected chi connectivity index (χ4v) is 9.54. The van der Waals surface area contributed by atoms with E-state index in [1.807, 2.05) is 11.3 Å². The van der Waals surface area contributed by atoms with Crippen molar-refractivity contribution >= 4 is 48.6 Å². The highest BCUT2D eigenvalue weighted by molar-refractivity contribution is 7.26. The van der Waals surface area contributed by atoms with Gasteiger partial charge in [0.2, 0.25) is 0 Å². The van der Waals surface area contributed by atoms with Gasteiger partial charge in [-0.1, -0.05) is 152 Å². The molecule has 1 heterocycles. The van der Waals surface area contributed by atoms with Crippen LogP contribution in [0.25, 0.3) is 42.4 Å². The normalized spacial score (nSPS) is 12.9. The highest BCUT2D eigenvalue weighted by Gasteiger charge is 2.46. The SMILES string of the molecule is c1ccc(N(c2ccccc2)c2cc(-c3ccc4c(c3)C(c3ccccc3)(c3ccccc3)c3ccccc3-4)cc3c2sc2ccccc23)cc1. The van der Waals surface area contributed by atoms with Crippen LogP contribution in [-0.4, -0.2) is 0 Å². The molecular weight excluding hydrogens is 635 g/mol. The van der Waals surface area contributed by atoms with E-state index in [0.717, 1.165) is 11.4 Å². The summed E-state index contributed by atoms with van der Waals surface area (Å²) in [5.41, 5.74) is 13.2. The first-order chi connectivity index (χ1) is 25.3. The Balaban J connectivity index is 1.27. The third kappa shape index (κ3) is 4.61. The van der Waals surface area contributed by atoms with Crippen LogP contribution in [0.5, 0.6) is 0 Å². The lowest BCUT2D eigenvalue weighted by molar-refractivity contribution is 0.769. The third-order valence-corrected chi connectivity index (χ3v) is 11.7. The summed E-state index contributed by atoms with van der Waals surface area (Å²) in [6, 6.07) is 73.4. The molecule has 0 fully saturated rings. The van der Waals surface area contributed by atoms with Gasteiger partial charge in [-0.3, -0.25) is 0 Å². The van der Waals surface area contributed by atoms with Crippen molar-refractivity contribution in [3.8, 4) is 22.3 Å². The molecule has 0 saturated heterocycles. The lowest BCUT2D eigenvalue weighted by Crippen LogP contribution is -2.28. The molecule has 0 radical (unpaired) electrons. The molecule has 9 aromatic rings. The second-order valence-electron chi connectivity index (χ2n) is 13.3. The van der Waals surface area contributed by atoms with E-state index in [0.29, 0.717) is 0 Å². The van der Waals surface area contributed by atoms with Gasteiger partial charge in [-0.25, -0.2) is 0 Å². The number of nitrogens with zero attached hydrogens (tertiary/aromatic N) is 1. The number of hydrogen-bond donors (Lipinski definition) is 0.